The number of ether oxygens (including phenoxy) is 4. The molecule has 0 aliphatic heterocycles. The van der Waals surface area contributed by atoms with Crippen molar-refractivity contribution >= 4 is 47.3 Å². The van der Waals surface area contributed by atoms with Gasteiger partial charge in [-0.1, -0.05) is 139 Å². The van der Waals surface area contributed by atoms with Crippen molar-refractivity contribution in [2.24, 2.45) is 9.98 Å². The number of aliphatic hydroxyl groups is 2. The van der Waals surface area contributed by atoms with Crippen molar-refractivity contribution in [1.29, 1.82) is 0 Å². The van der Waals surface area contributed by atoms with E-state index in [1.165, 1.54) is 51.0 Å². The minimum atomic E-state index is -0.763. The topological polar surface area (TPSA) is 136 Å². The molecule has 0 fully saturated rings. The second kappa shape index (κ2) is 26.4. The van der Waals surface area contributed by atoms with Gasteiger partial charge < -0.3 is 29.2 Å². The van der Waals surface area contributed by atoms with E-state index in [0.29, 0.717) is 35.8 Å². The van der Waals surface area contributed by atoms with Crippen LogP contribution in [0.15, 0.2) is 93.9 Å². The fourth-order valence-corrected chi connectivity index (χ4v) is 5.71. The predicted octanol–water partition coefficient (Wildman–Crippen LogP) is 11.6. The maximum absolute atomic E-state index is 13.2. The van der Waals surface area contributed by atoms with E-state index < -0.39 is 11.9 Å². The van der Waals surface area contributed by atoms with Crippen LogP contribution in [-0.2, 0) is 19.1 Å². The zero-order valence-electron chi connectivity index (χ0n) is 33.6. The fraction of sp³-hybridized carbons (Fsp3) is 0.435. The van der Waals surface area contributed by atoms with Crippen molar-refractivity contribution in [2.45, 2.75) is 105 Å². The van der Waals surface area contributed by atoms with Gasteiger partial charge >= 0.3 is 11.9 Å². The number of rotatable bonds is 26. The van der Waals surface area contributed by atoms with E-state index in [2.05, 4.69) is 23.8 Å². The molecular weight excluding hydrogens is 709 g/mol. The molecule has 3 aromatic rings. The predicted molar refractivity (Wildman–Crippen MR) is 226 cm³/mol. The highest BCUT2D eigenvalue weighted by molar-refractivity contribution is 6.16. The second-order valence-corrected chi connectivity index (χ2v) is 13.2. The SMILES string of the molecule is CCCCCCCCOc1cc(N=C/C(C(=O)OCC)=C(/O)c2ccccc2)c(N=C/C(C(=O)OCC)=C(/O)c2ccccc2)cc1OCCCCCCCC. The standard InChI is InChI=1S/C46H60N2O8/c1-5-9-11-13-15-23-29-55-41-31-39(47-33-37(45(51)53-7-3)43(49)35-25-19-17-20-26-35)40(32-42(41)56-30-24-16-14-12-10-6-2)48-34-38(46(52)54-8-4)44(50)36-27-21-18-22-28-36/h17-22,25-28,31-34,49-50H,5-16,23-24,29-30H2,1-4H3/b43-37-,44-38-,47-33?,48-34?. The molecule has 2 N–H and O–H groups in total. The van der Waals surface area contributed by atoms with E-state index >= 15 is 0 Å². The number of aliphatic hydroxyl groups excluding tert-OH is 2. The second-order valence-electron chi connectivity index (χ2n) is 13.2. The van der Waals surface area contributed by atoms with Gasteiger partial charge in [0, 0.05) is 35.7 Å². The summed E-state index contributed by atoms with van der Waals surface area (Å²) in [6.45, 7) is 8.82. The smallest absolute Gasteiger partial charge is 0.343 e. The van der Waals surface area contributed by atoms with Crippen LogP contribution >= 0.6 is 0 Å². The Morgan fingerprint density at radius 3 is 1.25 bits per heavy atom. The van der Waals surface area contributed by atoms with Crippen molar-refractivity contribution in [3.63, 3.8) is 0 Å². The van der Waals surface area contributed by atoms with Gasteiger partial charge in [0.25, 0.3) is 0 Å². The fourth-order valence-electron chi connectivity index (χ4n) is 5.71. The van der Waals surface area contributed by atoms with Gasteiger partial charge in [-0.25, -0.2) is 9.59 Å². The number of hydrogen-bond acceptors (Lipinski definition) is 10. The summed E-state index contributed by atoms with van der Waals surface area (Å²) in [5, 5.41) is 22.4. The van der Waals surface area contributed by atoms with E-state index in [4.69, 9.17) is 18.9 Å². The number of esters is 2. The Kier molecular flexibility index (Phi) is 21.2. The van der Waals surface area contributed by atoms with Gasteiger partial charge in [0.2, 0.25) is 0 Å². The van der Waals surface area contributed by atoms with Crippen LogP contribution in [0, 0.1) is 0 Å². The van der Waals surface area contributed by atoms with Crippen molar-refractivity contribution in [2.75, 3.05) is 26.4 Å². The van der Waals surface area contributed by atoms with Crippen molar-refractivity contribution in [3.8, 4) is 11.5 Å². The van der Waals surface area contributed by atoms with Crippen LogP contribution in [-0.4, -0.2) is 61.0 Å². The van der Waals surface area contributed by atoms with Gasteiger partial charge in [-0.15, -0.1) is 0 Å². The van der Waals surface area contributed by atoms with Gasteiger partial charge in [0.05, 0.1) is 37.8 Å². The molecule has 10 nitrogen and oxygen atoms in total. The summed E-state index contributed by atoms with van der Waals surface area (Å²) >= 11 is 0. The van der Waals surface area contributed by atoms with Crippen LogP contribution in [0.1, 0.15) is 116 Å². The summed E-state index contributed by atoms with van der Waals surface area (Å²) in [5.74, 6) is -1.26. The highest BCUT2D eigenvalue weighted by Crippen LogP contribution is 2.41. The van der Waals surface area contributed by atoms with Crippen LogP contribution in [0.3, 0.4) is 0 Å². The molecule has 56 heavy (non-hydrogen) atoms. The van der Waals surface area contributed by atoms with Gasteiger partial charge in [-0.2, -0.15) is 0 Å². The molecule has 0 amide bonds. The monoisotopic (exact) mass is 768 g/mol. The number of benzene rings is 3. The summed E-state index contributed by atoms with van der Waals surface area (Å²) in [6.07, 6.45) is 15.6. The molecule has 0 aliphatic rings. The van der Waals surface area contributed by atoms with Gasteiger partial charge in [-0.3, -0.25) is 9.98 Å². The van der Waals surface area contributed by atoms with Gasteiger partial charge in [0.15, 0.2) is 11.5 Å². The van der Waals surface area contributed by atoms with Crippen LogP contribution in [0.25, 0.3) is 11.5 Å². The third kappa shape index (κ3) is 15.4. The molecule has 0 saturated heterocycles. The first-order valence-electron chi connectivity index (χ1n) is 20.2. The normalized spacial score (nSPS) is 12.4. The Labute approximate surface area is 333 Å². The minimum absolute atomic E-state index is 0.0860. The van der Waals surface area contributed by atoms with Crippen molar-refractivity contribution < 1.29 is 38.7 Å². The molecule has 0 spiro atoms. The Hall–Kier alpha value is -5.38. The third-order valence-electron chi connectivity index (χ3n) is 8.81. The largest absolute Gasteiger partial charge is 0.506 e. The molecule has 0 atom stereocenters. The van der Waals surface area contributed by atoms with E-state index in [1.807, 2.05) is 0 Å². The summed E-state index contributed by atoms with van der Waals surface area (Å²) < 4.78 is 23.2. The number of nitrogens with zero attached hydrogens (tertiary/aromatic N) is 2. The molecule has 0 aromatic heterocycles. The number of aliphatic imine (C=N–C) groups is 2. The molecule has 302 valence electrons. The molecule has 3 rings (SSSR count). The van der Waals surface area contributed by atoms with Gasteiger partial charge in [-0.05, 0) is 26.7 Å². The minimum Gasteiger partial charge on any atom is -0.506 e. The van der Waals surface area contributed by atoms with Crippen LogP contribution in [0.5, 0.6) is 11.5 Å². The zero-order valence-corrected chi connectivity index (χ0v) is 33.6. The van der Waals surface area contributed by atoms with E-state index in [-0.39, 0.29) is 47.3 Å². The van der Waals surface area contributed by atoms with Crippen LogP contribution < -0.4 is 9.47 Å². The average Bonchev–Trinajstić information content (AvgIpc) is 3.21. The molecule has 0 radical (unpaired) electrons. The third-order valence-corrected chi connectivity index (χ3v) is 8.81. The Bertz CT molecular complexity index is 1620. The van der Waals surface area contributed by atoms with E-state index in [9.17, 15) is 19.8 Å². The number of hydrogen-bond donors (Lipinski definition) is 2. The summed E-state index contributed by atoms with van der Waals surface area (Å²) in [7, 11) is 0. The molecule has 10 heteroatoms. The highest BCUT2D eigenvalue weighted by Gasteiger charge is 2.20. The molecular formula is C46H60N2O8. The Morgan fingerprint density at radius 2 is 0.893 bits per heavy atom. The zero-order chi connectivity index (χ0) is 40.4. The number of unbranched alkanes of at least 4 members (excludes halogenated alkanes) is 10. The maximum Gasteiger partial charge on any atom is 0.343 e. The lowest BCUT2D eigenvalue weighted by atomic mass is 10.1. The molecule has 3 aromatic carbocycles. The molecule has 0 bridgehead atoms. The first kappa shape index (κ1) is 45.0. The molecule has 0 heterocycles. The van der Waals surface area contributed by atoms with Crippen LogP contribution in [0.4, 0.5) is 11.4 Å². The molecule has 0 saturated carbocycles. The first-order chi connectivity index (χ1) is 27.3. The summed E-state index contributed by atoms with van der Waals surface area (Å²) in [6, 6.07) is 20.6. The first-order valence-corrected chi connectivity index (χ1v) is 20.2. The number of carbonyl (C=O) groups excluding carboxylic acids is 2. The lowest BCUT2D eigenvalue weighted by molar-refractivity contribution is -0.138. The van der Waals surface area contributed by atoms with E-state index in [0.717, 1.165) is 38.5 Å². The Balaban J connectivity index is 2.16. The average molecular weight is 769 g/mol. The maximum atomic E-state index is 13.2. The van der Waals surface area contributed by atoms with Gasteiger partial charge in [0.1, 0.15) is 22.7 Å². The lowest BCUT2D eigenvalue weighted by Gasteiger charge is -2.15. The summed E-state index contributed by atoms with van der Waals surface area (Å²) in [5.41, 5.74) is 0.969. The molecule has 0 aliphatic carbocycles. The van der Waals surface area contributed by atoms with Crippen molar-refractivity contribution in [3.05, 3.63) is 95.1 Å². The Morgan fingerprint density at radius 1 is 0.536 bits per heavy atom. The lowest BCUT2D eigenvalue weighted by Crippen LogP contribution is -2.11. The van der Waals surface area contributed by atoms with E-state index in [1.54, 1.807) is 86.6 Å². The number of carbonyl (C=O) groups is 2. The van der Waals surface area contributed by atoms with Crippen LogP contribution in [0.2, 0.25) is 0 Å². The summed E-state index contributed by atoms with van der Waals surface area (Å²) in [4.78, 5) is 35.6. The highest BCUT2D eigenvalue weighted by atomic mass is 16.5. The molecule has 0 unspecified atom stereocenters. The van der Waals surface area contributed by atoms with Crippen molar-refractivity contribution in [1.82, 2.24) is 0 Å². The quantitative estimate of drug-likeness (QED) is 0.0271.